The third-order valence-electron chi connectivity index (χ3n) is 5.03. The van der Waals surface area contributed by atoms with E-state index in [4.69, 9.17) is 0 Å². The minimum absolute atomic E-state index is 0.00985. The van der Waals surface area contributed by atoms with E-state index in [0.717, 1.165) is 34.2 Å². The number of hydrogen-bond acceptors (Lipinski definition) is 3. The van der Waals surface area contributed by atoms with Gasteiger partial charge in [-0.2, -0.15) is 0 Å². The average molecular weight is 422 g/mol. The fourth-order valence-electron chi connectivity index (χ4n) is 3.39. The van der Waals surface area contributed by atoms with Crippen LogP contribution in [0.25, 0.3) is 5.57 Å². The van der Waals surface area contributed by atoms with Gasteiger partial charge in [-0.3, -0.25) is 9.59 Å². The van der Waals surface area contributed by atoms with Crippen LogP contribution in [0.5, 0.6) is 0 Å². The lowest BCUT2D eigenvalue weighted by molar-refractivity contribution is -0.120. The molecule has 0 unspecified atom stereocenters. The van der Waals surface area contributed by atoms with E-state index < -0.39 is 29.3 Å². The van der Waals surface area contributed by atoms with E-state index in [0.29, 0.717) is 11.3 Å². The number of nitrogens with one attached hydrogen (secondary N) is 1. The highest BCUT2D eigenvalue weighted by Crippen LogP contribution is 2.35. The summed E-state index contributed by atoms with van der Waals surface area (Å²) in [4.78, 5) is 27.3. The minimum Gasteiger partial charge on any atom is -0.350 e. The molecule has 0 radical (unpaired) electrons. The van der Waals surface area contributed by atoms with Crippen LogP contribution in [0.4, 0.5) is 24.5 Å². The molecular formula is C24H17F3N2O2. The molecule has 0 spiro atoms. The zero-order chi connectivity index (χ0) is 22.3. The number of benzene rings is 3. The second-order valence-electron chi connectivity index (χ2n) is 7.24. The standard InChI is InChI=1S/C24H17F3N2O2/c1-13-3-4-14(2)20(11-13)28-22-21(15-5-7-16(25)8-6-15)23(30)29(24(22)31)17-9-10-18(26)19(27)12-17/h3-12,28H,1-2H3. The molecule has 1 heterocycles. The van der Waals surface area contributed by atoms with Crippen molar-refractivity contribution in [2.45, 2.75) is 13.8 Å². The van der Waals surface area contributed by atoms with Crippen molar-refractivity contribution >= 4 is 28.8 Å². The van der Waals surface area contributed by atoms with Crippen LogP contribution in [0.3, 0.4) is 0 Å². The van der Waals surface area contributed by atoms with Gasteiger partial charge in [0.25, 0.3) is 11.8 Å². The van der Waals surface area contributed by atoms with E-state index >= 15 is 0 Å². The second kappa shape index (κ2) is 7.75. The van der Waals surface area contributed by atoms with Crippen LogP contribution in [0.15, 0.2) is 66.4 Å². The number of rotatable bonds is 4. The van der Waals surface area contributed by atoms with Crippen LogP contribution in [-0.2, 0) is 9.59 Å². The zero-order valence-electron chi connectivity index (χ0n) is 16.7. The molecule has 1 aliphatic rings. The number of imide groups is 1. The molecule has 4 rings (SSSR count). The third-order valence-corrected chi connectivity index (χ3v) is 5.03. The van der Waals surface area contributed by atoms with Crippen molar-refractivity contribution in [2.24, 2.45) is 0 Å². The lowest BCUT2D eigenvalue weighted by Crippen LogP contribution is -2.32. The molecule has 0 fully saturated rings. The van der Waals surface area contributed by atoms with Crippen LogP contribution < -0.4 is 10.2 Å². The summed E-state index contributed by atoms with van der Waals surface area (Å²) in [5.41, 5.74) is 2.58. The number of nitrogens with zero attached hydrogens (tertiary/aromatic N) is 1. The maximum Gasteiger partial charge on any atom is 0.282 e. The normalized spacial score (nSPS) is 13.9. The van der Waals surface area contributed by atoms with Gasteiger partial charge in [-0.05, 0) is 60.9 Å². The van der Waals surface area contributed by atoms with Crippen molar-refractivity contribution in [2.75, 3.05) is 10.2 Å². The van der Waals surface area contributed by atoms with Gasteiger partial charge in [0.05, 0.1) is 11.3 Å². The molecule has 0 aromatic heterocycles. The highest BCUT2D eigenvalue weighted by atomic mass is 19.2. The number of amides is 2. The van der Waals surface area contributed by atoms with Gasteiger partial charge in [0.2, 0.25) is 0 Å². The summed E-state index contributed by atoms with van der Waals surface area (Å²) in [5.74, 6) is -4.23. The Morgan fingerprint density at radius 3 is 2.16 bits per heavy atom. The monoisotopic (exact) mass is 422 g/mol. The van der Waals surface area contributed by atoms with Crippen LogP contribution >= 0.6 is 0 Å². The van der Waals surface area contributed by atoms with Gasteiger partial charge in [-0.25, -0.2) is 18.1 Å². The minimum atomic E-state index is -1.18. The van der Waals surface area contributed by atoms with Crippen LogP contribution in [0.2, 0.25) is 0 Å². The molecule has 3 aromatic rings. The molecule has 7 heteroatoms. The number of anilines is 2. The van der Waals surface area contributed by atoms with Crippen molar-refractivity contribution in [1.29, 1.82) is 0 Å². The topological polar surface area (TPSA) is 49.4 Å². The van der Waals surface area contributed by atoms with E-state index in [1.165, 1.54) is 24.3 Å². The molecule has 0 atom stereocenters. The molecule has 156 valence electrons. The smallest absolute Gasteiger partial charge is 0.282 e. The van der Waals surface area contributed by atoms with E-state index in [1.54, 1.807) is 0 Å². The highest BCUT2D eigenvalue weighted by Gasteiger charge is 2.40. The van der Waals surface area contributed by atoms with E-state index in [-0.39, 0.29) is 17.0 Å². The van der Waals surface area contributed by atoms with Crippen molar-refractivity contribution < 1.29 is 22.8 Å². The predicted molar refractivity (Wildman–Crippen MR) is 112 cm³/mol. The van der Waals surface area contributed by atoms with Crippen LogP contribution in [-0.4, -0.2) is 11.8 Å². The zero-order valence-corrected chi connectivity index (χ0v) is 16.7. The number of carbonyl (C=O) groups excluding carboxylic acids is 2. The summed E-state index contributed by atoms with van der Waals surface area (Å²) in [5, 5.41) is 3.03. The quantitative estimate of drug-likeness (QED) is 0.594. The van der Waals surface area contributed by atoms with Gasteiger partial charge in [0.1, 0.15) is 11.5 Å². The summed E-state index contributed by atoms with van der Waals surface area (Å²) in [6, 6.07) is 13.5. The van der Waals surface area contributed by atoms with Crippen molar-refractivity contribution in [3.05, 3.63) is 101 Å². The molecule has 0 saturated heterocycles. The average Bonchev–Trinajstić information content (AvgIpc) is 2.97. The van der Waals surface area contributed by atoms with Gasteiger partial charge in [0, 0.05) is 11.8 Å². The molecular weight excluding hydrogens is 405 g/mol. The molecule has 2 amide bonds. The Balaban J connectivity index is 1.85. The van der Waals surface area contributed by atoms with Gasteiger partial charge in [-0.1, -0.05) is 24.3 Å². The lowest BCUT2D eigenvalue weighted by Gasteiger charge is -2.16. The predicted octanol–water partition coefficient (Wildman–Crippen LogP) is 5.12. The second-order valence-corrected chi connectivity index (χ2v) is 7.24. The van der Waals surface area contributed by atoms with Gasteiger partial charge >= 0.3 is 0 Å². The van der Waals surface area contributed by atoms with Crippen molar-refractivity contribution in [3.63, 3.8) is 0 Å². The van der Waals surface area contributed by atoms with E-state index in [2.05, 4.69) is 5.32 Å². The number of halogens is 3. The lowest BCUT2D eigenvalue weighted by atomic mass is 10.0. The highest BCUT2D eigenvalue weighted by molar-refractivity contribution is 6.46. The van der Waals surface area contributed by atoms with Crippen molar-refractivity contribution in [3.8, 4) is 0 Å². The number of aryl methyl sites for hydroxylation is 2. The maximum atomic E-state index is 13.8. The fraction of sp³-hybridized carbons (Fsp3) is 0.0833. The summed E-state index contributed by atoms with van der Waals surface area (Å²) < 4.78 is 40.6. The number of hydrogen-bond donors (Lipinski definition) is 1. The van der Waals surface area contributed by atoms with Crippen molar-refractivity contribution in [1.82, 2.24) is 0 Å². The summed E-state index contributed by atoms with van der Waals surface area (Å²) in [7, 11) is 0. The first-order chi connectivity index (χ1) is 14.8. The van der Waals surface area contributed by atoms with Crippen LogP contribution in [0.1, 0.15) is 16.7 Å². The Hall–Kier alpha value is -3.87. The van der Waals surface area contributed by atoms with Gasteiger partial charge in [0.15, 0.2) is 11.6 Å². The first-order valence-corrected chi connectivity index (χ1v) is 9.44. The summed E-state index contributed by atoms with van der Waals surface area (Å²) in [6.45, 7) is 3.73. The largest absolute Gasteiger partial charge is 0.350 e. The van der Waals surface area contributed by atoms with E-state index in [1.807, 2.05) is 32.0 Å². The Kier molecular flexibility index (Phi) is 5.10. The maximum absolute atomic E-state index is 13.8. The molecule has 4 nitrogen and oxygen atoms in total. The Bertz CT molecular complexity index is 1250. The Labute approximate surface area is 176 Å². The fourth-order valence-corrected chi connectivity index (χ4v) is 3.39. The van der Waals surface area contributed by atoms with Gasteiger partial charge in [-0.15, -0.1) is 0 Å². The molecule has 1 aliphatic heterocycles. The molecule has 0 aliphatic carbocycles. The summed E-state index contributed by atoms with van der Waals surface area (Å²) in [6.07, 6.45) is 0. The van der Waals surface area contributed by atoms with Gasteiger partial charge < -0.3 is 5.32 Å². The molecule has 0 saturated carbocycles. The SMILES string of the molecule is Cc1ccc(C)c(NC2=C(c3ccc(F)cc3)C(=O)N(c3ccc(F)c(F)c3)C2=O)c1. The first kappa shape index (κ1) is 20.4. The molecule has 31 heavy (non-hydrogen) atoms. The summed E-state index contributed by atoms with van der Waals surface area (Å²) >= 11 is 0. The van der Waals surface area contributed by atoms with E-state index in [9.17, 15) is 22.8 Å². The Morgan fingerprint density at radius 1 is 0.774 bits per heavy atom. The molecule has 1 N–H and O–H groups in total. The third kappa shape index (κ3) is 3.70. The number of carbonyl (C=O) groups is 2. The Morgan fingerprint density at radius 2 is 1.48 bits per heavy atom. The molecule has 0 bridgehead atoms. The first-order valence-electron chi connectivity index (χ1n) is 9.44. The molecule has 3 aromatic carbocycles. The van der Waals surface area contributed by atoms with Crippen LogP contribution in [0, 0.1) is 31.3 Å².